The molecule has 1 heteroatoms. The highest BCUT2D eigenvalue weighted by Gasteiger charge is 2.02. The fraction of sp³-hybridized carbons (Fsp3) is 0.250. The second-order valence-electron chi connectivity index (χ2n) is 9.20. The van der Waals surface area contributed by atoms with Crippen molar-refractivity contribution in [1.29, 1.82) is 0 Å². The largest absolute Gasteiger partial charge is 0.412 e. The molecule has 0 heterocycles. The van der Waals surface area contributed by atoms with E-state index in [-0.39, 0.29) is 5.48 Å². The minimum atomic E-state index is 0. The van der Waals surface area contributed by atoms with Gasteiger partial charge in [-0.2, -0.15) is 0 Å². The summed E-state index contributed by atoms with van der Waals surface area (Å²) < 4.78 is 0. The molecule has 0 saturated carbocycles. The van der Waals surface area contributed by atoms with Crippen molar-refractivity contribution >= 4 is 0 Å². The lowest BCUT2D eigenvalue weighted by Crippen LogP contribution is -1.86. The Balaban J connectivity index is 0.000000227. The third-order valence-corrected chi connectivity index (χ3v) is 6.69. The van der Waals surface area contributed by atoms with Gasteiger partial charge in [0, 0.05) is 0 Å². The zero-order valence-electron chi connectivity index (χ0n) is 21.4. The van der Waals surface area contributed by atoms with Gasteiger partial charge in [0.15, 0.2) is 0 Å². The lowest BCUT2D eigenvalue weighted by molar-refractivity contribution is 0.824. The first kappa shape index (κ1) is 26.1. The molecule has 0 aromatic heterocycles. The van der Waals surface area contributed by atoms with Crippen LogP contribution in [0.25, 0.3) is 22.3 Å². The molecule has 0 saturated heterocycles. The van der Waals surface area contributed by atoms with Crippen LogP contribution in [0.1, 0.15) is 44.5 Å². The van der Waals surface area contributed by atoms with Crippen molar-refractivity contribution in [1.82, 2.24) is 0 Å². The second-order valence-corrected chi connectivity index (χ2v) is 9.20. The molecule has 1 nitrogen and oxygen atoms in total. The van der Waals surface area contributed by atoms with Gasteiger partial charge in [0.05, 0.1) is 0 Å². The maximum absolute atomic E-state index is 2.26. The summed E-state index contributed by atoms with van der Waals surface area (Å²) in [6, 6.07) is 26.6. The topological polar surface area (TPSA) is 31.5 Å². The molecule has 172 valence electrons. The minimum Gasteiger partial charge on any atom is -0.412 e. The molecule has 0 bridgehead atoms. The van der Waals surface area contributed by atoms with E-state index in [2.05, 4.69) is 128 Å². The fourth-order valence-electron chi connectivity index (χ4n) is 3.68. The first-order chi connectivity index (χ1) is 15.2. The SMILES string of the molecule is Cc1ccc(-c2ccc(C)c(C)c2)cc1C.Cc1ccc(-c2ccc(C)c(C)c2)cc1C.O. The maximum Gasteiger partial charge on any atom is -0.0181 e. The Bertz CT molecular complexity index is 1050. The van der Waals surface area contributed by atoms with Crippen LogP contribution in [0.15, 0.2) is 72.8 Å². The van der Waals surface area contributed by atoms with E-state index < -0.39 is 0 Å². The Hall–Kier alpha value is -3.16. The van der Waals surface area contributed by atoms with Crippen LogP contribution in [-0.2, 0) is 0 Å². The Kier molecular flexibility index (Phi) is 8.79. The van der Waals surface area contributed by atoms with Gasteiger partial charge in [0.25, 0.3) is 0 Å². The van der Waals surface area contributed by atoms with Crippen LogP contribution in [0.2, 0.25) is 0 Å². The van der Waals surface area contributed by atoms with E-state index in [0.29, 0.717) is 0 Å². The normalized spacial score (nSPS) is 10.2. The molecule has 0 amide bonds. The van der Waals surface area contributed by atoms with Gasteiger partial charge in [0.2, 0.25) is 0 Å². The third-order valence-electron chi connectivity index (χ3n) is 6.69. The summed E-state index contributed by atoms with van der Waals surface area (Å²) in [7, 11) is 0. The third kappa shape index (κ3) is 6.43. The zero-order valence-corrected chi connectivity index (χ0v) is 21.4. The summed E-state index contributed by atoms with van der Waals surface area (Å²) in [6.07, 6.45) is 0. The van der Waals surface area contributed by atoms with E-state index in [1.54, 1.807) is 0 Å². The van der Waals surface area contributed by atoms with Gasteiger partial charge >= 0.3 is 0 Å². The molecule has 33 heavy (non-hydrogen) atoms. The summed E-state index contributed by atoms with van der Waals surface area (Å²) in [5.74, 6) is 0. The van der Waals surface area contributed by atoms with Crippen LogP contribution >= 0.6 is 0 Å². The molecule has 4 aromatic carbocycles. The van der Waals surface area contributed by atoms with Gasteiger partial charge in [-0.1, -0.05) is 72.8 Å². The van der Waals surface area contributed by atoms with E-state index in [1.165, 1.54) is 66.8 Å². The van der Waals surface area contributed by atoms with Gasteiger partial charge < -0.3 is 5.48 Å². The van der Waals surface area contributed by atoms with Gasteiger partial charge in [-0.05, 0) is 122 Å². The van der Waals surface area contributed by atoms with E-state index in [1.807, 2.05) is 0 Å². The van der Waals surface area contributed by atoms with E-state index in [9.17, 15) is 0 Å². The predicted octanol–water partition coefficient (Wildman–Crippen LogP) is 8.35. The molecule has 0 aliphatic carbocycles. The number of hydrogen-bond acceptors (Lipinski definition) is 0. The zero-order chi connectivity index (χ0) is 23.4. The second kappa shape index (κ2) is 11.1. The van der Waals surface area contributed by atoms with E-state index in [4.69, 9.17) is 0 Å². The Morgan fingerprint density at radius 3 is 0.606 bits per heavy atom. The van der Waals surface area contributed by atoms with Crippen LogP contribution in [0.3, 0.4) is 0 Å². The Morgan fingerprint density at radius 2 is 0.455 bits per heavy atom. The van der Waals surface area contributed by atoms with E-state index >= 15 is 0 Å². The summed E-state index contributed by atoms with van der Waals surface area (Å²) >= 11 is 0. The van der Waals surface area contributed by atoms with Crippen molar-refractivity contribution in [2.45, 2.75) is 55.4 Å². The fourth-order valence-corrected chi connectivity index (χ4v) is 3.68. The number of hydrogen-bond donors (Lipinski definition) is 0. The van der Waals surface area contributed by atoms with Crippen LogP contribution < -0.4 is 0 Å². The molecule has 0 unspecified atom stereocenters. The van der Waals surface area contributed by atoms with Gasteiger partial charge in [-0.25, -0.2) is 0 Å². The van der Waals surface area contributed by atoms with Crippen molar-refractivity contribution in [2.24, 2.45) is 0 Å². The van der Waals surface area contributed by atoms with Crippen molar-refractivity contribution in [3.8, 4) is 22.3 Å². The molecule has 0 spiro atoms. The summed E-state index contributed by atoms with van der Waals surface area (Å²) in [6.45, 7) is 17.3. The standard InChI is InChI=1S/2C16H18.H2O/c2*1-11-5-7-15(9-13(11)3)16-8-6-12(2)14(4)10-16;/h2*5-10H,1-4H3;1H2. The van der Waals surface area contributed by atoms with Crippen molar-refractivity contribution in [3.63, 3.8) is 0 Å². The van der Waals surface area contributed by atoms with Crippen LogP contribution in [-0.4, -0.2) is 5.48 Å². The van der Waals surface area contributed by atoms with Gasteiger partial charge in [-0.3, -0.25) is 0 Å². The maximum atomic E-state index is 2.26. The quantitative estimate of drug-likeness (QED) is 0.301. The highest BCUT2D eigenvalue weighted by molar-refractivity contribution is 5.67. The average Bonchev–Trinajstić information content (AvgIpc) is 2.76. The average molecular weight is 439 g/mol. The summed E-state index contributed by atoms with van der Waals surface area (Å²) in [4.78, 5) is 0. The molecule has 0 aliphatic rings. The molecule has 0 fully saturated rings. The first-order valence-electron chi connectivity index (χ1n) is 11.5. The Morgan fingerprint density at radius 1 is 0.273 bits per heavy atom. The molecule has 4 rings (SSSR count). The molecule has 0 atom stereocenters. The molecule has 2 N–H and O–H groups in total. The van der Waals surface area contributed by atoms with Crippen molar-refractivity contribution in [3.05, 3.63) is 117 Å². The highest BCUT2D eigenvalue weighted by Crippen LogP contribution is 2.25. The summed E-state index contributed by atoms with van der Waals surface area (Å²) in [5, 5.41) is 0. The number of benzene rings is 4. The molecule has 4 aromatic rings. The molecule has 0 radical (unpaired) electrons. The lowest BCUT2D eigenvalue weighted by atomic mass is 9.98. The predicted molar refractivity (Wildman–Crippen MR) is 145 cm³/mol. The van der Waals surface area contributed by atoms with Crippen LogP contribution in [0, 0.1) is 55.4 Å². The van der Waals surface area contributed by atoms with Gasteiger partial charge in [0.1, 0.15) is 0 Å². The first-order valence-corrected chi connectivity index (χ1v) is 11.5. The smallest absolute Gasteiger partial charge is 0.0181 e. The lowest BCUT2D eigenvalue weighted by Gasteiger charge is -2.08. The summed E-state index contributed by atoms with van der Waals surface area (Å²) in [5.41, 5.74) is 16.1. The number of aryl methyl sites for hydroxylation is 8. The van der Waals surface area contributed by atoms with Gasteiger partial charge in [-0.15, -0.1) is 0 Å². The van der Waals surface area contributed by atoms with Crippen LogP contribution in [0.5, 0.6) is 0 Å². The van der Waals surface area contributed by atoms with Crippen LogP contribution in [0.4, 0.5) is 0 Å². The van der Waals surface area contributed by atoms with E-state index in [0.717, 1.165) is 0 Å². The molecular weight excluding hydrogens is 400 g/mol. The molecule has 0 aliphatic heterocycles. The number of rotatable bonds is 2. The Labute approximate surface area is 200 Å². The monoisotopic (exact) mass is 438 g/mol. The highest BCUT2D eigenvalue weighted by atomic mass is 16.0. The molecular formula is C32H38O. The van der Waals surface area contributed by atoms with Crippen molar-refractivity contribution < 1.29 is 5.48 Å². The van der Waals surface area contributed by atoms with Crippen molar-refractivity contribution in [2.75, 3.05) is 0 Å². The minimum absolute atomic E-state index is 0.